The number of carbonyl (C=O) groups excluding carboxylic acids is 2. The summed E-state index contributed by atoms with van der Waals surface area (Å²) in [7, 11) is 0. The lowest BCUT2D eigenvalue weighted by Gasteiger charge is -2.48. The van der Waals surface area contributed by atoms with Crippen LogP contribution >= 0.6 is 23.2 Å². The fourth-order valence-electron chi connectivity index (χ4n) is 4.13. The van der Waals surface area contributed by atoms with Gasteiger partial charge in [0.25, 0.3) is 5.91 Å². The van der Waals surface area contributed by atoms with Crippen molar-refractivity contribution < 1.29 is 19.1 Å². The second kappa shape index (κ2) is 9.98. The number of rotatable bonds is 6. The Kier molecular flexibility index (Phi) is 7.62. The molecule has 1 saturated heterocycles. The Morgan fingerprint density at radius 1 is 1.17 bits per heavy atom. The number of anilines is 1. The standard InChI is InChI=1S/C20H27Cl2N3O4/c21-14-10-15(18(23)16(22)11-14)19(27)29-12-17(26)24-13-20(4-2-1-3-5-20)25-6-8-28-9-7-25/h10-11H,1-9,12-13,23H2,(H,24,26). The highest BCUT2D eigenvalue weighted by atomic mass is 35.5. The predicted molar refractivity (Wildman–Crippen MR) is 112 cm³/mol. The second-order valence-electron chi connectivity index (χ2n) is 7.59. The monoisotopic (exact) mass is 443 g/mol. The summed E-state index contributed by atoms with van der Waals surface area (Å²) in [5.41, 5.74) is 5.89. The first-order chi connectivity index (χ1) is 13.9. The van der Waals surface area contributed by atoms with Gasteiger partial charge in [0.1, 0.15) is 0 Å². The average Bonchev–Trinajstić information content (AvgIpc) is 2.74. The zero-order chi connectivity index (χ0) is 20.9. The van der Waals surface area contributed by atoms with Gasteiger partial charge in [0.2, 0.25) is 0 Å². The molecule has 1 saturated carbocycles. The molecule has 0 bridgehead atoms. The highest BCUT2D eigenvalue weighted by Gasteiger charge is 2.38. The molecule has 3 rings (SSSR count). The Labute approximate surface area is 180 Å². The molecule has 9 heteroatoms. The Balaban J connectivity index is 1.55. The average molecular weight is 444 g/mol. The van der Waals surface area contributed by atoms with Gasteiger partial charge in [-0.15, -0.1) is 0 Å². The van der Waals surface area contributed by atoms with Crippen molar-refractivity contribution in [2.75, 3.05) is 45.2 Å². The molecular weight excluding hydrogens is 417 g/mol. The van der Waals surface area contributed by atoms with E-state index < -0.39 is 5.97 Å². The summed E-state index contributed by atoms with van der Waals surface area (Å²) in [4.78, 5) is 27.1. The van der Waals surface area contributed by atoms with E-state index in [-0.39, 0.29) is 39.3 Å². The highest BCUT2D eigenvalue weighted by molar-refractivity contribution is 6.37. The number of hydrogen-bond acceptors (Lipinski definition) is 6. The number of nitrogens with one attached hydrogen (secondary N) is 1. The number of carbonyl (C=O) groups is 2. The van der Waals surface area contributed by atoms with Crippen molar-refractivity contribution in [1.29, 1.82) is 0 Å². The molecule has 29 heavy (non-hydrogen) atoms. The molecule has 1 aliphatic carbocycles. The van der Waals surface area contributed by atoms with Crippen LogP contribution in [0.2, 0.25) is 10.0 Å². The summed E-state index contributed by atoms with van der Waals surface area (Å²) in [5.74, 6) is -1.08. The zero-order valence-corrected chi connectivity index (χ0v) is 17.9. The largest absolute Gasteiger partial charge is 0.452 e. The van der Waals surface area contributed by atoms with Crippen LogP contribution in [0.1, 0.15) is 42.5 Å². The molecular formula is C20H27Cl2N3O4. The van der Waals surface area contributed by atoms with E-state index in [1.807, 2.05) is 0 Å². The summed E-state index contributed by atoms with van der Waals surface area (Å²) in [6.07, 6.45) is 5.62. The van der Waals surface area contributed by atoms with Crippen LogP contribution in [-0.2, 0) is 14.3 Å². The minimum atomic E-state index is -0.734. The number of benzene rings is 1. The van der Waals surface area contributed by atoms with Crippen LogP contribution in [0.5, 0.6) is 0 Å². The maximum absolute atomic E-state index is 12.4. The van der Waals surface area contributed by atoms with E-state index in [1.54, 1.807) is 0 Å². The molecule has 2 fully saturated rings. The van der Waals surface area contributed by atoms with Gasteiger partial charge in [-0.25, -0.2) is 4.79 Å². The van der Waals surface area contributed by atoms with Gasteiger partial charge in [-0.1, -0.05) is 42.5 Å². The number of amides is 1. The first-order valence-electron chi connectivity index (χ1n) is 9.92. The molecule has 1 amide bonds. The molecule has 160 valence electrons. The van der Waals surface area contributed by atoms with Crippen LogP contribution in [0.3, 0.4) is 0 Å². The van der Waals surface area contributed by atoms with Gasteiger partial charge in [-0.2, -0.15) is 0 Å². The zero-order valence-electron chi connectivity index (χ0n) is 16.3. The van der Waals surface area contributed by atoms with Gasteiger partial charge in [0.15, 0.2) is 6.61 Å². The molecule has 3 N–H and O–H groups in total. The topological polar surface area (TPSA) is 93.9 Å². The predicted octanol–water partition coefficient (Wildman–Crippen LogP) is 2.88. The van der Waals surface area contributed by atoms with Gasteiger partial charge in [0, 0.05) is 30.2 Å². The van der Waals surface area contributed by atoms with Crippen LogP contribution < -0.4 is 11.1 Å². The van der Waals surface area contributed by atoms with Gasteiger partial charge >= 0.3 is 5.97 Å². The molecule has 0 unspecified atom stereocenters. The molecule has 1 aliphatic heterocycles. The van der Waals surface area contributed by atoms with Crippen LogP contribution in [0, 0.1) is 0 Å². The van der Waals surface area contributed by atoms with Crippen LogP contribution in [0.25, 0.3) is 0 Å². The molecule has 7 nitrogen and oxygen atoms in total. The van der Waals surface area contributed by atoms with Gasteiger partial charge in [-0.05, 0) is 25.0 Å². The lowest BCUT2D eigenvalue weighted by molar-refractivity contribution is -0.125. The lowest BCUT2D eigenvalue weighted by Crippen LogP contribution is -2.59. The molecule has 0 atom stereocenters. The van der Waals surface area contributed by atoms with E-state index in [1.165, 1.54) is 18.6 Å². The van der Waals surface area contributed by atoms with E-state index in [0.29, 0.717) is 6.54 Å². The second-order valence-corrected chi connectivity index (χ2v) is 8.43. The number of nitrogens with two attached hydrogens (primary N) is 1. The van der Waals surface area contributed by atoms with E-state index in [4.69, 9.17) is 38.4 Å². The van der Waals surface area contributed by atoms with Crippen LogP contribution in [0.4, 0.5) is 5.69 Å². The van der Waals surface area contributed by atoms with Crippen molar-refractivity contribution in [3.05, 3.63) is 27.7 Å². The number of esters is 1. The third-order valence-electron chi connectivity index (χ3n) is 5.73. The Bertz CT molecular complexity index is 747. The first kappa shape index (κ1) is 22.2. The fourth-order valence-corrected chi connectivity index (χ4v) is 4.62. The maximum atomic E-state index is 12.4. The first-order valence-corrected chi connectivity index (χ1v) is 10.7. The van der Waals surface area contributed by atoms with Crippen molar-refractivity contribution >= 4 is 40.8 Å². The smallest absolute Gasteiger partial charge is 0.340 e. The van der Waals surface area contributed by atoms with E-state index in [9.17, 15) is 9.59 Å². The molecule has 1 aromatic rings. The Morgan fingerprint density at radius 3 is 2.55 bits per heavy atom. The normalized spacial score (nSPS) is 19.5. The highest BCUT2D eigenvalue weighted by Crippen LogP contribution is 2.34. The van der Waals surface area contributed by atoms with E-state index >= 15 is 0 Å². The molecule has 1 aromatic carbocycles. The van der Waals surface area contributed by atoms with Gasteiger partial charge < -0.3 is 20.5 Å². The van der Waals surface area contributed by atoms with Crippen molar-refractivity contribution in [2.24, 2.45) is 0 Å². The van der Waals surface area contributed by atoms with Gasteiger partial charge in [0.05, 0.1) is 29.5 Å². The van der Waals surface area contributed by atoms with E-state index in [2.05, 4.69) is 10.2 Å². The molecule has 0 spiro atoms. The number of ether oxygens (including phenoxy) is 2. The van der Waals surface area contributed by atoms with E-state index in [0.717, 1.165) is 52.0 Å². The molecule has 1 heterocycles. The summed E-state index contributed by atoms with van der Waals surface area (Å²) in [6.45, 7) is 3.34. The lowest BCUT2D eigenvalue weighted by atomic mass is 9.79. The summed E-state index contributed by atoms with van der Waals surface area (Å²) in [5, 5.41) is 3.39. The van der Waals surface area contributed by atoms with Crippen LogP contribution in [0.15, 0.2) is 12.1 Å². The molecule has 2 aliphatic rings. The Morgan fingerprint density at radius 2 is 1.86 bits per heavy atom. The summed E-state index contributed by atoms with van der Waals surface area (Å²) < 4.78 is 10.6. The SMILES string of the molecule is Nc1c(Cl)cc(Cl)cc1C(=O)OCC(=O)NCC1(N2CCOCC2)CCCCC1. The molecule has 0 aromatic heterocycles. The number of hydrogen-bond donors (Lipinski definition) is 2. The minimum Gasteiger partial charge on any atom is -0.452 e. The van der Waals surface area contributed by atoms with Crippen molar-refractivity contribution in [2.45, 2.75) is 37.6 Å². The van der Waals surface area contributed by atoms with Gasteiger partial charge in [-0.3, -0.25) is 9.69 Å². The fraction of sp³-hybridized carbons (Fsp3) is 0.600. The number of halogens is 2. The third kappa shape index (κ3) is 5.54. The van der Waals surface area contributed by atoms with Crippen molar-refractivity contribution in [3.63, 3.8) is 0 Å². The number of nitrogen functional groups attached to an aromatic ring is 1. The number of morpholine rings is 1. The number of nitrogens with zero attached hydrogens (tertiary/aromatic N) is 1. The maximum Gasteiger partial charge on any atom is 0.340 e. The van der Waals surface area contributed by atoms with Crippen molar-refractivity contribution in [3.8, 4) is 0 Å². The summed E-state index contributed by atoms with van der Waals surface area (Å²) in [6, 6.07) is 2.82. The van der Waals surface area contributed by atoms with Crippen LogP contribution in [-0.4, -0.2) is 61.8 Å². The third-order valence-corrected chi connectivity index (χ3v) is 6.26. The Hall–Kier alpha value is -1.54. The minimum absolute atomic E-state index is 0.0485. The van der Waals surface area contributed by atoms with Crippen molar-refractivity contribution in [1.82, 2.24) is 10.2 Å². The quantitative estimate of drug-likeness (QED) is 0.518. The molecule has 0 radical (unpaired) electrons. The summed E-state index contributed by atoms with van der Waals surface area (Å²) >= 11 is 11.9.